The van der Waals surface area contributed by atoms with Crippen LogP contribution in [-0.2, 0) is 6.18 Å². The molecule has 0 aliphatic rings. The van der Waals surface area contributed by atoms with E-state index in [2.05, 4.69) is 4.74 Å². The molecule has 1 aromatic carbocycles. The minimum atomic E-state index is -4.96. The van der Waals surface area contributed by atoms with Crippen LogP contribution in [0, 0.1) is 5.82 Å². The normalized spacial score (nSPS) is 12.0. The van der Waals surface area contributed by atoms with E-state index in [0.717, 1.165) is 0 Å². The van der Waals surface area contributed by atoms with Crippen molar-refractivity contribution < 1.29 is 31.1 Å². The van der Waals surface area contributed by atoms with Gasteiger partial charge in [-0.3, -0.25) is 0 Å². The highest BCUT2D eigenvalue weighted by Gasteiger charge is 2.36. The number of hydrogen-bond acceptors (Lipinski definition) is 1. The molecule has 1 rings (SSSR count). The fourth-order valence-electron chi connectivity index (χ4n) is 0.944. The second-order valence-electron chi connectivity index (χ2n) is 2.64. The summed E-state index contributed by atoms with van der Waals surface area (Å²) in [5.41, 5.74) is -1.56. The number of rotatable bonds is 2. The summed E-state index contributed by atoms with van der Waals surface area (Å²) in [5, 5.41) is -0.825. The Morgan fingerprint density at radius 3 is 2.19 bits per heavy atom. The van der Waals surface area contributed by atoms with Crippen molar-refractivity contribution in [1.29, 1.82) is 0 Å². The van der Waals surface area contributed by atoms with Gasteiger partial charge in [0, 0.05) is 6.07 Å². The minimum Gasteiger partial charge on any atom is -0.434 e. The first kappa shape index (κ1) is 13.0. The lowest BCUT2D eigenvalue weighted by Crippen LogP contribution is -2.12. The largest absolute Gasteiger partial charge is 0.434 e. The Hall–Kier alpha value is -1.11. The summed E-state index contributed by atoms with van der Waals surface area (Å²) in [4.78, 5) is 0. The van der Waals surface area contributed by atoms with Crippen molar-refractivity contribution in [2.24, 2.45) is 0 Å². The predicted molar refractivity (Wildman–Crippen MR) is 43.0 cm³/mol. The number of benzene rings is 1. The number of alkyl halides is 5. The molecule has 0 saturated carbocycles. The van der Waals surface area contributed by atoms with Crippen LogP contribution in [0.1, 0.15) is 5.56 Å². The maximum absolute atomic E-state index is 12.8. The van der Waals surface area contributed by atoms with E-state index < -0.39 is 34.9 Å². The first-order valence-corrected chi connectivity index (χ1v) is 4.10. The Kier molecular flexibility index (Phi) is 3.57. The summed E-state index contributed by atoms with van der Waals surface area (Å²) in [6.45, 7) is -3.48. The van der Waals surface area contributed by atoms with E-state index in [1.54, 1.807) is 0 Å². The third kappa shape index (κ3) is 2.94. The zero-order valence-corrected chi connectivity index (χ0v) is 8.04. The molecular weight excluding hydrogens is 262 g/mol. The van der Waals surface area contributed by atoms with E-state index in [9.17, 15) is 26.3 Å². The lowest BCUT2D eigenvalue weighted by Gasteiger charge is -2.13. The molecule has 0 fully saturated rings. The monoisotopic (exact) mass is 264 g/mol. The molecule has 0 amide bonds. The lowest BCUT2D eigenvalue weighted by atomic mass is 10.2. The van der Waals surface area contributed by atoms with Crippen LogP contribution in [0.2, 0.25) is 5.02 Å². The summed E-state index contributed by atoms with van der Waals surface area (Å²) in [6, 6.07) is 0.353. The molecule has 0 heterocycles. The van der Waals surface area contributed by atoms with Crippen LogP contribution in [0.5, 0.6) is 5.75 Å². The van der Waals surface area contributed by atoms with Gasteiger partial charge in [0.1, 0.15) is 11.6 Å². The molecule has 0 aromatic heterocycles. The first-order chi connectivity index (χ1) is 7.21. The number of halogens is 7. The van der Waals surface area contributed by atoms with Crippen LogP contribution in [0.4, 0.5) is 26.3 Å². The second-order valence-corrected chi connectivity index (χ2v) is 3.05. The smallest absolute Gasteiger partial charge is 0.420 e. The maximum atomic E-state index is 12.8. The average molecular weight is 265 g/mol. The van der Waals surface area contributed by atoms with Crippen molar-refractivity contribution in [3.05, 3.63) is 28.5 Å². The zero-order chi connectivity index (χ0) is 12.5. The average Bonchev–Trinajstić information content (AvgIpc) is 2.08. The Morgan fingerprint density at radius 1 is 1.19 bits per heavy atom. The van der Waals surface area contributed by atoms with Gasteiger partial charge in [-0.2, -0.15) is 22.0 Å². The van der Waals surface area contributed by atoms with Crippen LogP contribution in [0.25, 0.3) is 0 Å². The van der Waals surface area contributed by atoms with Crippen molar-refractivity contribution >= 4 is 11.6 Å². The Morgan fingerprint density at radius 2 is 1.75 bits per heavy atom. The van der Waals surface area contributed by atoms with Crippen LogP contribution in [0.3, 0.4) is 0 Å². The predicted octanol–water partition coefficient (Wildman–Crippen LogP) is 4.10. The first-order valence-electron chi connectivity index (χ1n) is 3.73. The van der Waals surface area contributed by atoms with Crippen LogP contribution in [-0.4, -0.2) is 6.61 Å². The van der Waals surface area contributed by atoms with Crippen LogP contribution >= 0.6 is 11.6 Å². The topological polar surface area (TPSA) is 9.23 Å². The van der Waals surface area contributed by atoms with Gasteiger partial charge < -0.3 is 4.74 Å². The van der Waals surface area contributed by atoms with E-state index in [1.807, 2.05) is 0 Å². The molecule has 0 aliphatic heterocycles. The highest BCUT2D eigenvalue weighted by Crippen LogP contribution is 2.39. The van der Waals surface area contributed by atoms with Crippen LogP contribution < -0.4 is 4.74 Å². The van der Waals surface area contributed by atoms with E-state index in [1.165, 1.54) is 0 Å². The van der Waals surface area contributed by atoms with Crippen LogP contribution in [0.15, 0.2) is 12.1 Å². The summed E-state index contributed by atoms with van der Waals surface area (Å²) in [5.74, 6) is -2.57. The number of ether oxygens (including phenoxy) is 1. The molecule has 0 radical (unpaired) electrons. The Labute approximate surface area is 90.6 Å². The highest BCUT2D eigenvalue weighted by atomic mass is 35.5. The van der Waals surface area contributed by atoms with Gasteiger partial charge in [0.05, 0.1) is 10.6 Å². The molecule has 0 unspecified atom stereocenters. The molecule has 16 heavy (non-hydrogen) atoms. The molecule has 1 nitrogen and oxygen atoms in total. The van der Waals surface area contributed by atoms with Gasteiger partial charge in [-0.15, -0.1) is 0 Å². The van der Waals surface area contributed by atoms with E-state index >= 15 is 0 Å². The summed E-state index contributed by atoms with van der Waals surface area (Å²) in [7, 11) is 0. The molecule has 0 N–H and O–H groups in total. The molecule has 0 spiro atoms. The Bertz CT molecular complexity index is 389. The van der Waals surface area contributed by atoms with Gasteiger partial charge >= 0.3 is 12.8 Å². The van der Waals surface area contributed by atoms with Crippen molar-refractivity contribution in [3.8, 4) is 5.75 Å². The Balaban J connectivity index is 3.28. The molecule has 90 valence electrons. The molecular formula is C8H3ClF6O. The lowest BCUT2D eigenvalue weighted by molar-refractivity contribution is -0.141. The van der Waals surface area contributed by atoms with E-state index in [4.69, 9.17) is 11.6 Å². The van der Waals surface area contributed by atoms with Gasteiger partial charge in [-0.25, -0.2) is 4.39 Å². The summed E-state index contributed by atoms with van der Waals surface area (Å²) < 4.78 is 76.8. The van der Waals surface area contributed by atoms with Gasteiger partial charge in [0.15, 0.2) is 0 Å². The van der Waals surface area contributed by atoms with Crippen molar-refractivity contribution in [1.82, 2.24) is 0 Å². The third-order valence-corrected chi connectivity index (χ3v) is 1.83. The molecule has 0 atom stereocenters. The second kappa shape index (κ2) is 4.40. The number of hydrogen-bond donors (Lipinski definition) is 0. The zero-order valence-electron chi connectivity index (χ0n) is 7.29. The maximum Gasteiger partial charge on any atom is 0.420 e. The van der Waals surface area contributed by atoms with Gasteiger partial charge in [-0.05, 0) is 6.07 Å². The van der Waals surface area contributed by atoms with Gasteiger partial charge in [0.2, 0.25) is 0 Å². The standard InChI is InChI=1S/C8H3ClF6O/c9-4-1-3(8(13,14)15)6(2-5(4)10)16-7(11)12/h1-2,7H. The molecule has 0 aliphatic carbocycles. The van der Waals surface area contributed by atoms with Crippen molar-refractivity contribution in [3.63, 3.8) is 0 Å². The molecule has 0 saturated heterocycles. The van der Waals surface area contributed by atoms with Gasteiger partial charge in [0.25, 0.3) is 0 Å². The molecule has 0 bridgehead atoms. The summed E-state index contributed by atoms with van der Waals surface area (Å²) >= 11 is 5.11. The van der Waals surface area contributed by atoms with E-state index in [-0.39, 0.29) is 12.1 Å². The summed E-state index contributed by atoms with van der Waals surface area (Å²) in [6.07, 6.45) is -4.96. The fraction of sp³-hybridized carbons (Fsp3) is 0.250. The minimum absolute atomic E-state index is 0.164. The highest BCUT2D eigenvalue weighted by molar-refractivity contribution is 6.30. The molecule has 1 aromatic rings. The third-order valence-electron chi connectivity index (χ3n) is 1.54. The van der Waals surface area contributed by atoms with Crippen molar-refractivity contribution in [2.75, 3.05) is 0 Å². The fourth-order valence-corrected chi connectivity index (χ4v) is 1.11. The quantitative estimate of drug-likeness (QED) is 0.731. The van der Waals surface area contributed by atoms with Crippen molar-refractivity contribution in [2.45, 2.75) is 12.8 Å². The SMILES string of the molecule is Fc1cc(OC(F)F)c(C(F)(F)F)cc1Cl. The van der Waals surface area contributed by atoms with E-state index in [0.29, 0.717) is 0 Å². The molecule has 8 heteroatoms. The van der Waals surface area contributed by atoms with Gasteiger partial charge in [-0.1, -0.05) is 11.6 Å².